The van der Waals surface area contributed by atoms with E-state index in [1.54, 1.807) is 12.1 Å². The van der Waals surface area contributed by atoms with Gasteiger partial charge in [-0.2, -0.15) is 0 Å². The summed E-state index contributed by atoms with van der Waals surface area (Å²) in [5, 5.41) is 27.9. The van der Waals surface area contributed by atoms with Crippen LogP contribution in [-0.4, -0.2) is 82.7 Å². The molecule has 0 aliphatic carbocycles. The van der Waals surface area contributed by atoms with E-state index in [0.717, 1.165) is 5.56 Å². The molecule has 7 N–H and O–H groups in total. The van der Waals surface area contributed by atoms with Crippen molar-refractivity contribution in [2.24, 2.45) is 17.1 Å². The third kappa shape index (κ3) is 8.38. The molecule has 3 unspecified atom stereocenters. The molecule has 13 heteroatoms. The molecule has 0 radical (unpaired) electrons. The Morgan fingerprint density at radius 2 is 1.69 bits per heavy atom. The van der Waals surface area contributed by atoms with Gasteiger partial charge in [-0.1, -0.05) is 56.3 Å². The molecular weight excluding hydrogens is 584 g/mol. The number of amides is 2. The van der Waals surface area contributed by atoms with Crippen molar-refractivity contribution < 1.29 is 43.7 Å². The van der Waals surface area contributed by atoms with E-state index in [1.807, 2.05) is 30.3 Å². The number of hydrogen-bond donors (Lipinski definition) is 6. The number of nitrogens with one attached hydrogen (secondary N) is 3. The summed E-state index contributed by atoms with van der Waals surface area (Å²) in [6.07, 6.45) is -0.466. The van der Waals surface area contributed by atoms with Gasteiger partial charge in [0, 0.05) is 19.9 Å². The first-order chi connectivity index (χ1) is 21.3. The Morgan fingerprint density at radius 3 is 2.24 bits per heavy atom. The van der Waals surface area contributed by atoms with Crippen molar-refractivity contribution in [2.75, 3.05) is 6.54 Å². The van der Waals surface area contributed by atoms with Crippen LogP contribution in [0.4, 0.5) is 0 Å². The number of ether oxygens (including phenoxy) is 1. The first-order valence-electron chi connectivity index (χ1n) is 14.6. The number of ketones is 2. The number of carboxylic acid groups (broad SMARTS) is 1. The summed E-state index contributed by atoms with van der Waals surface area (Å²) < 4.78 is 5.89. The van der Waals surface area contributed by atoms with E-state index >= 15 is 0 Å². The van der Waals surface area contributed by atoms with Crippen LogP contribution in [0.2, 0.25) is 0 Å². The minimum Gasteiger partial charge on any atom is -0.508 e. The van der Waals surface area contributed by atoms with Gasteiger partial charge < -0.3 is 41.4 Å². The van der Waals surface area contributed by atoms with Crippen LogP contribution in [0, 0.1) is 11.3 Å². The smallest absolute Gasteiger partial charge is 0.327 e. The Morgan fingerprint density at radius 1 is 1.04 bits per heavy atom. The number of aromatic hydroxyl groups is 1. The van der Waals surface area contributed by atoms with Crippen molar-refractivity contribution >= 4 is 35.6 Å². The second-order valence-electron chi connectivity index (χ2n) is 11.5. The van der Waals surface area contributed by atoms with Crippen molar-refractivity contribution in [3.63, 3.8) is 0 Å². The van der Waals surface area contributed by atoms with Gasteiger partial charge in [0.25, 0.3) is 0 Å². The van der Waals surface area contributed by atoms with Crippen LogP contribution in [0.1, 0.15) is 38.3 Å². The third-order valence-electron chi connectivity index (χ3n) is 7.81. The monoisotopic (exact) mass is 624 g/mol. The highest BCUT2D eigenvalue weighted by molar-refractivity contribution is 6.27. The van der Waals surface area contributed by atoms with Crippen LogP contribution in [0.25, 0.3) is 0 Å². The van der Waals surface area contributed by atoms with Crippen LogP contribution < -0.4 is 21.7 Å². The molecule has 242 valence electrons. The Hall–Kier alpha value is -4.46. The second-order valence-corrected chi connectivity index (χ2v) is 11.5. The number of carbonyl (C=O) groups is 6. The lowest BCUT2D eigenvalue weighted by molar-refractivity contribution is -0.165. The number of benzene rings is 2. The maximum atomic E-state index is 14.2. The molecule has 1 fully saturated rings. The summed E-state index contributed by atoms with van der Waals surface area (Å²) >= 11 is 0. The summed E-state index contributed by atoms with van der Waals surface area (Å²) in [6.45, 7) is 4.68. The molecule has 1 saturated heterocycles. The Kier molecular flexibility index (Phi) is 12.1. The molecule has 1 aliphatic heterocycles. The van der Waals surface area contributed by atoms with E-state index in [2.05, 4.69) is 16.0 Å². The summed E-state index contributed by atoms with van der Waals surface area (Å²) in [6, 6.07) is 9.16. The van der Waals surface area contributed by atoms with E-state index in [9.17, 15) is 39.0 Å². The third-order valence-corrected chi connectivity index (χ3v) is 7.81. The van der Waals surface area contributed by atoms with Gasteiger partial charge in [0.15, 0.2) is 11.6 Å². The quantitative estimate of drug-likeness (QED) is 0.110. The van der Waals surface area contributed by atoms with Crippen LogP contribution in [0.3, 0.4) is 0 Å². The molecule has 2 aromatic rings. The Bertz CT molecular complexity index is 1380. The molecule has 0 spiro atoms. The van der Waals surface area contributed by atoms with Crippen molar-refractivity contribution in [1.29, 1.82) is 0 Å². The molecule has 1 aliphatic rings. The number of hydrogen-bond acceptors (Lipinski definition) is 10. The van der Waals surface area contributed by atoms with Crippen LogP contribution >= 0.6 is 0 Å². The lowest BCUT2D eigenvalue weighted by atomic mass is 9.67. The Labute approximate surface area is 260 Å². The van der Waals surface area contributed by atoms with Gasteiger partial charge in [-0.05, 0) is 35.6 Å². The molecule has 0 saturated carbocycles. The van der Waals surface area contributed by atoms with Crippen molar-refractivity contribution in [1.82, 2.24) is 16.0 Å². The summed E-state index contributed by atoms with van der Waals surface area (Å²) in [5.41, 5.74) is 4.39. The molecule has 13 nitrogen and oxygen atoms in total. The molecular formula is C32H40N4O9. The number of carbonyl (C=O) groups excluding carboxylic acids is 5. The second kappa shape index (κ2) is 15.5. The first-order valence-corrected chi connectivity index (χ1v) is 14.6. The number of aldehydes is 1. The number of rotatable bonds is 16. The average molecular weight is 625 g/mol. The minimum atomic E-state index is -3.03. The van der Waals surface area contributed by atoms with E-state index in [4.69, 9.17) is 10.5 Å². The van der Waals surface area contributed by atoms with Gasteiger partial charge in [0.05, 0.1) is 30.8 Å². The zero-order valence-corrected chi connectivity index (χ0v) is 25.4. The van der Waals surface area contributed by atoms with Crippen LogP contribution in [0.15, 0.2) is 54.6 Å². The van der Waals surface area contributed by atoms with E-state index in [0.29, 0.717) is 5.56 Å². The van der Waals surface area contributed by atoms with Gasteiger partial charge >= 0.3 is 5.97 Å². The molecule has 3 rings (SSSR count). The lowest BCUT2D eigenvalue weighted by Crippen LogP contribution is -2.67. The molecule has 6 atom stereocenters. The predicted molar refractivity (Wildman–Crippen MR) is 162 cm³/mol. The largest absolute Gasteiger partial charge is 0.508 e. The zero-order valence-electron chi connectivity index (χ0n) is 25.4. The van der Waals surface area contributed by atoms with Crippen LogP contribution in [0.5, 0.6) is 5.75 Å². The summed E-state index contributed by atoms with van der Waals surface area (Å²) in [5.74, 6) is -6.43. The first kappa shape index (κ1) is 35.0. The zero-order chi connectivity index (χ0) is 33.3. The highest BCUT2D eigenvalue weighted by Crippen LogP contribution is 2.32. The molecule has 1 heterocycles. The summed E-state index contributed by atoms with van der Waals surface area (Å²) in [4.78, 5) is 78.4. The van der Waals surface area contributed by atoms with Crippen molar-refractivity contribution in [3.8, 4) is 5.75 Å². The topological polar surface area (TPSA) is 214 Å². The highest BCUT2D eigenvalue weighted by atomic mass is 16.5. The van der Waals surface area contributed by atoms with Gasteiger partial charge in [-0.25, -0.2) is 0 Å². The summed E-state index contributed by atoms with van der Waals surface area (Å²) in [7, 11) is 0. The highest BCUT2D eigenvalue weighted by Gasteiger charge is 2.61. The van der Waals surface area contributed by atoms with Gasteiger partial charge in [0.2, 0.25) is 17.2 Å². The molecule has 0 bridgehead atoms. The molecule has 0 aromatic heterocycles. The molecule has 2 aromatic carbocycles. The average Bonchev–Trinajstić information content (AvgIpc) is 3.48. The number of phenols is 1. The van der Waals surface area contributed by atoms with Crippen molar-refractivity contribution in [2.45, 2.75) is 70.5 Å². The van der Waals surface area contributed by atoms with E-state index in [1.165, 1.54) is 32.9 Å². The fourth-order valence-electron chi connectivity index (χ4n) is 5.35. The SMILES string of the molecule is CC(=O)N[C@@H](Cc1ccc(O)cc1)C(=O)N[C@H](C(=O)C(C(=O)O)(C(=O)[C@@H]1CC(OCc2ccccc2)CN1)C(N)C=O)C(C)C. The number of carboxylic acids is 1. The van der Waals surface area contributed by atoms with Gasteiger partial charge in [-0.3, -0.25) is 24.0 Å². The van der Waals surface area contributed by atoms with E-state index in [-0.39, 0.29) is 38.0 Å². The predicted octanol–water partition coefficient (Wildman–Crippen LogP) is 0.263. The minimum absolute atomic E-state index is 0.00299. The molecule has 2 amide bonds. The fraction of sp³-hybridized carbons (Fsp3) is 0.438. The number of Topliss-reactive ketones (excluding diaryl/α,β-unsaturated/α-hetero) is 2. The lowest BCUT2D eigenvalue weighted by Gasteiger charge is -2.36. The van der Waals surface area contributed by atoms with Crippen LogP contribution in [-0.2, 0) is 46.5 Å². The Balaban J connectivity index is 1.88. The fourth-order valence-corrected chi connectivity index (χ4v) is 5.35. The maximum Gasteiger partial charge on any atom is 0.327 e. The maximum absolute atomic E-state index is 14.2. The van der Waals surface area contributed by atoms with Crippen molar-refractivity contribution in [3.05, 3.63) is 65.7 Å². The molecule has 45 heavy (non-hydrogen) atoms. The normalized spacial score (nSPS) is 19.5. The van der Waals surface area contributed by atoms with Gasteiger partial charge in [-0.15, -0.1) is 0 Å². The number of nitrogens with two attached hydrogens (primary N) is 1. The number of aliphatic carboxylic acids is 1. The number of phenolic OH excluding ortho intramolecular Hbond substituents is 1. The standard InChI is InChI=1S/C32H40N4O9/c1-18(2)27(36-30(42)25(35-19(3)38)13-20-9-11-22(39)12-10-20)29(41)32(31(43)44,26(33)16-37)28(40)24-14-23(15-34-24)45-17-21-7-5-4-6-8-21/h4-12,16,18,23-27,34,39H,13-15,17,33H2,1-3H3,(H,35,38)(H,36,42)(H,43,44)/t23?,24-,25-,26?,27-,32?/m0/s1. The van der Waals surface area contributed by atoms with E-state index < -0.39 is 71.0 Å². The van der Waals surface area contributed by atoms with Gasteiger partial charge in [0.1, 0.15) is 18.1 Å².